The Balaban J connectivity index is 0.000000513. The fourth-order valence-electron chi connectivity index (χ4n) is 2.81. The molecular formula is C21H31F6N3O3. The molecule has 12 heteroatoms. The summed E-state index contributed by atoms with van der Waals surface area (Å²) in [6.45, 7) is 0.604. The van der Waals surface area contributed by atoms with E-state index in [0.29, 0.717) is 31.1 Å². The van der Waals surface area contributed by atoms with Gasteiger partial charge in [0.1, 0.15) is 12.3 Å². The number of carboxylic acid groups (broad SMARTS) is 1. The van der Waals surface area contributed by atoms with E-state index in [0.717, 1.165) is 12.8 Å². The van der Waals surface area contributed by atoms with Gasteiger partial charge in [-0.15, -0.1) is 0 Å². The summed E-state index contributed by atoms with van der Waals surface area (Å²) in [6.07, 6.45) is -1.07. The van der Waals surface area contributed by atoms with Crippen molar-refractivity contribution in [3.05, 3.63) is 34.9 Å². The number of carbonyl (C=O) groups excluding carboxylic acids is 1. The Bertz CT molecular complexity index is 688. The van der Waals surface area contributed by atoms with Gasteiger partial charge in [0.05, 0.1) is 11.1 Å². The van der Waals surface area contributed by atoms with Gasteiger partial charge in [-0.25, -0.2) is 0 Å². The van der Waals surface area contributed by atoms with Crippen molar-refractivity contribution in [3.63, 3.8) is 0 Å². The van der Waals surface area contributed by atoms with E-state index in [1.807, 2.05) is 0 Å². The standard InChI is InChI=1S/C9H4F6O.C6H14N2O2.C6H13N/c10-8(11,12)6-1-5(4-16)2-7(3-6)9(13,14)15;7-4-2-1-3-5(8)6(9)10;7-6-4-2-1-3-5-6/h1-4H;5H,1-4,7-8H2,(H,9,10);6H,1-5,7H2/t;5-;/m.0./s1. The molecule has 1 aromatic carbocycles. The number of carboxylic acids is 1. The van der Waals surface area contributed by atoms with Crippen LogP contribution in [0.15, 0.2) is 18.2 Å². The van der Waals surface area contributed by atoms with E-state index in [-0.39, 0.29) is 12.4 Å². The van der Waals surface area contributed by atoms with Crippen LogP contribution in [0.25, 0.3) is 0 Å². The minimum Gasteiger partial charge on any atom is -0.480 e. The molecule has 0 spiro atoms. The van der Waals surface area contributed by atoms with Crippen LogP contribution in [-0.2, 0) is 17.1 Å². The van der Waals surface area contributed by atoms with Crippen molar-refractivity contribution in [1.82, 2.24) is 0 Å². The SMILES string of the molecule is NC1CCCCC1.NCCCC[C@H](N)C(=O)O.O=Cc1cc(C(F)(F)F)cc(C(F)(F)F)c1. The molecule has 0 amide bonds. The van der Waals surface area contributed by atoms with Crippen LogP contribution in [0.4, 0.5) is 26.3 Å². The number of nitrogens with two attached hydrogens (primary N) is 3. The molecule has 190 valence electrons. The molecule has 0 unspecified atom stereocenters. The Labute approximate surface area is 188 Å². The highest BCUT2D eigenvalue weighted by Crippen LogP contribution is 2.35. The average molecular weight is 487 g/mol. The van der Waals surface area contributed by atoms with E-state index in [1.54, 1.807) is 0 Å². The molecule has 1 aromatic rings. The number of rotatable bonds is 6. The summed E-state index contributed by atoms with van der Waals surface area (Å²) in [6, 6.07) is 0.512. The van der Waals surface area contributed by atoms with Gasteiger partial charge >= 0.3 is 18.3 Å². The molecule has 1 saturated carbocycles. The normalized spacial score (nSPS) is 15.4. The van der Waals surface area contributed by atoms with Crippen LogP contribution in [0, 0.1) is 0 Å². The second-order valence-corrected chi connectivity index (χ2v) is 7.58. The zero-order valence-electron chi connectivity index (χ0n) is 18.1. The first kappa shape index (κ1) is 30.8. The number of carbonyl (C=O) groups is 2. The third kappa shape index (κ3) is 13.9. The lowest BCUT2D eigenvalue weighted by Crippen LogP contribution is -2.29. The van der Waals surface area contributed by atoms with Crippen LogP contribution in [0.3, 0.4) is 0 Å². The Kier molecular flexibility index (Phi) is 13.9. The van der Waals surface area contributed by atoms with Crippen LogP contribution >= 0.6 is 0 Å². The lowest BCUT2D eigenvalue weighted by atomic mass is 9.97. The van der Waals surface area contributed by atoms with E-state index in [1.165, 1.54) is 32.1 Å². The molecule has 0 aliphatic heterocycles. The number of hydrogen-bond donors (Lipinski definition) is 4. The van der Waals surface area contributed by atoms with Crippen molar-refractivity contribution >= 4 is 12.3 Å². The first-order chi connectivity index (χ1) is 15.2. The predicted octanol–water partition coefficient (Wildman–Crippen LogP) is 4.34. The summed E-state index contributed by atoms with van der Waals surface area (Å²) in [7, 11) is 0. The van der Waals surface area contributed by atoms with Crippen LogP contribution in [0.1, 0.15) is 72.9 Å². The van der Waals surface area contributed by atoms with Crippen molar-refractivity contribution in [2.45, 2.75) is 75.8 Å². The molecule has 6 nitrogen and oxygen atoms in total. The molecule has 1 aliphatic carbocycles. The molecule has 7 N–H and O–H groups in total. The van der Waals surface area contributed by atoms with E-state index < -0.39 is 41.1 Å². The molecule has 0 saturated heterocycles. The van der Waals surface area contributed by atoms with E-state index in [2.05, 4.69) is 0 Å². The summed E-state index contributed by atoms with van der Waals surface area (Å²) in [4.78, 5) is 20.4. The molecule has 33 heavy (non-hydrogen) atoms. The van der Waals surface area contributed by atoms with Crippen molar-refractivity contribution in [3.8, 4) is 0 Å². The fourth-order valence-corrected chi connectivity index (χ4v) is 2.81. The number of hydrogen-bond acceptors (Lipinski definition) is 5. The van der Waals surface area contributed by atoms with Gasteiger partial charge in [-0.2, -0.15) is 26.3 Å². The summed E-state index contributed by atoms with van der Waals surface area (Å²) in [5.41, 5.74) is 12.4. The Morgan fingerprint density at radius 2 is 1.48 bits per heavy atom. The Morgan fingerprint density at radius 1 is 1.00 bits per heavy atom. The van der Waals surface area contributed by atoms with Gasteiger partial charge in [0.25, 0.3) is 0 Å². The molecule has 0 aromatic heterocycles. The topological polar surface area (TPSA) is 132 Å². The average Bonchev–Trinajstić information content (AvgIpc) is 2.73. The first-order valence-electron chi connectivity index (χ1n) is 10.4. The van der Waals surface area contributed by atoms with Gasteiger partial charge in [0.15, 0.2) is 0 Å². The maximum absolute atomic E-state index is 12.2. The molecule has 0 bridgehead atoms. The quantitative estimate of drug-likeness (QED) is 0.268. The second-order valence-electron chi connectivity index (χ2n) is 7.58. The largest absolute Gasteiger partial charge is 0.480 e. The maximum Gasteiger partial charge on any atom is 0.416 e. The number of unbranched alkanes of at least 4 members (excludes halogenated alkanes) is 1. The molecule has 1 fully saturated rings. The van der Waals surface area contributed by atoms with Gasteiger partial charge in [0.2, 0.25) is 0 Å². The molecule has 0 heterocycles. The maximum atomic E-state index is 12.2. The summed E-state index contributed by atoms with van der Waals surface area (Å²) in [5.74, 6) is -0.933. The Hall–Kier alpha value is -2.18. The highest BCUT2D eigenvalue weighted by Gasteiger charge is 2.36. The number of aldehydes is 1. The number of alkyl halides is 6. The highest BCUT2D eigenvalue weighted by molar-refractivity contribution is 5.75. The van der Waals surface area contributed by atoms with Gasteiger partial charge in [0, 0.05) is 11.6 Å². The summed E-state index contributed by atoms with van der Waals surface area (Å²) >= 11 is 0. The van der Waals surface area contributed by atoms with Gasteiger partial charge in [-0.1, -0.05) is 25.7 Å². The number of halogens is 6. The van der Waals surface area contributed by atoms with Gasteiger partial charge in [-0.05, 0) is 50.4 Å². The lowest BCUT2D eigenvalue weighted by Gasteiger charge is -2.15. The third-order valence-corrected chi connectivity index (χ3v) is 4.68. The van der Waals surface area contributed by atoms with Gasteiger partial charge < -0.3 is 22.3 Å². The minimum absolute atomic E-state index is 0.0347. The molecule has 0 radical (unpaired) electrons. The van der Waals surface area contributed by atoms with Crippen molar-refractivity contribution in [2.24, 2.45) is 17.2 Å². The Morgan fingerprint density at radius 3 is 1.79 bits per heavy atom. The molecular weight excluding hydrogens is 456 g/mol. The molecule has 1 aliphatic rings. The zero-order valence-corrected chi connectivity index (χ0v) is 18.1. The smallest absolute Gasteiger partial charge is 0.416 e. The van der Waals surface area contributed by atoms with Crippen LogP contribution in [0.5, 0.6) is 0 Å². The first-order valence-corrected chi connectivity index (χ1v) is 10.4. The van der Waals surface area contributed by atoms with E-state index in [9.17, 15) is 35.9 Å². The summed E-state index contributed by atoms with van der Waals surface area (Å²) < 4.78 is 73.1. The minimum atomic E-state index is -4.92. The van der Waals surface area contributed by atoms with Crippen LogP contribution in [0.2, 0.25) is 0 Å². The van der Waals surface area contributed by atoms with E-state index >= 15 is 0 Å². The third-order valence-electron chi connectivity index (χ3n) is 4.68. The lowest BCUT2D eigenvalue weighted by molar-refractivity contribution is -0.143. The van der Waals surface area contributed by atoms with Crippen LogP contribution < -0.4 is 17.2 Å². The molecule has 2 rings (SSSR count). The molecule has 1 atom stereocenters. The van der Waals surface area contributed by atoms with Crippen molar-refractivity contribution in [1.29, 1.82) is 0 Å². The second kappa shape index (κ2) is 14.9. The fraction of sp³-hybridized carbons (Fsp3) is 0.619. The highest BCUT2D eigenvalue weighted by atomic mass is 19.4. The summed E-state index contributed by atoms with van der Waals surface area (Å²) in [5, 5.41) is 8.33. The predicted molar refractivity (Wildman–Crippen MR) is 111 cm³/mol. The number of aliphatic carboxylic acids is 1. The van der Waals surface area contributed by atoms with Crippen molar-refractivity contribution < 1.29 is 41.0 Å². The van der Waals surface area contributed by atoms with Crippen molar-refractivity contribution in [2.75, 3.05) is 6.54 Å². The zero-order chi connectivity index (χ0) is 25.7. The van der Waals surface area contributed by atoms with E-state index in [4.69, 9.17) is 22.3 Å². The number of benzene rings is 1. The monoisotopic (exact) mass is 487 g/mol. The van der Waals surface area contributed by atoms with Crippen LogP contribution in [-0.4, -0.2) is 36.0 Å². The van der Waals surface area contributed by atoms with Gasteiger partial charge in [-0.3, -0.25) is 9.59 Å².